The summed E-state index contributed by atoms with van der Waals surface area (Å²) in [7, 11) is 0. The highest BCUT2D eigenvalue weighted by atomic mass is 19.3. The average Bonchev–Trinajstić information content (AvgIpc) is 2.78. The number of hydrogen-bond donors (Lipinski definition) is 0. The predicted octanol–water partition coefficient (Wildman–Crippen LogP) is 4.08. The van der Waals surface area contributed by atoms with Crippen LogP contribution in [0.25, 0.3) is 0 Å². The third-order valence-electron chi connectivity index (χ3n) is 6.81. The molecule has 178 valence electrons. The van der Waals surface area contributed by atoms with Crippen LogP contribution in [0.2, 0.25) is 0 Å². The minimum atomic E-state index is -2.98. The number of alkyl halides is 2. The summed E-state index contributed by atoms with van der Waals surface area (Å²) in [6.45, 7) is -0.494. The zero-order valence-electron chi connectivity index (χ0n) is 18.5. The molecule has 2 aromatic rings. The van der Waals surface area contributed by atoms with E-state index >= 15 is 0 Å². The lowest BCUT2D eigenvalue weighted by Gasteiger charge is -2.45. The first-order chi connectivity index (χ1) is 16.2. The Balaban J connectivity index is 1.56. The average molecular weight is 471 g/mol. The molecule has 1 saturated heterocycles. The first kappa shape index (κ1) is 22.3. The van der Waals surface area contributed by atoms with E-state index in [-0.39, 0.29) is 36.0 Å². The third-order valence-corrected chi connectivity index (χ3v) is 6.81. The molecule has 3 aliphatic heterocycles. The molecule has 0 aromatic heterocycles. The fraction of sp³-hybridized carbons (Fsp3) is 0.400. The standard InChI is InChI=1S/C25H23F2NO6/c1-14(29)28-9-7-25(8-10-28)13-19(30)17-5-6-20-22(23(17)34-25)18(12-21(31)33-20)15-3-2-4-16(11-15)32-24(26)27/h2-6,11,18,24H,7-10,12-13H2,1H3/t18-/m1/s1. The number of carbonyl (C=O) groups is 3. The van der Waals surface area contributed by atoms with Gasteiger partial charge < -0.3 is 19.1 Å². The minimum Gasteiger partial charge on any atom is -0.485 e. The van der Waals surface area contributed by atoms with Crippen LogP contribution in [0.1, 0.15) is 60.0 Å². The highest BCUT2D eigenvalue weighted by molar-refractivity contribution is 6.01. The summed E-state index contributed by atoms with van der Waals surface area (Å²) in [6.07, 6.45) is 1.17. The molecule has 1 fully saturated rings. The van der Waals surface area contributed by atoms with Gasteiger partial charge >= 0.3 is 12.6 Å². The van der Waals surface area contributed by atoms with Crippen LogP contribution in [0.15, 0.2) is 36.4 Å². The number of Topliss-reactive ketones (excluding diaryl/α,β-unsaturated/α-hetero) is 1. The second-order valence-electron chi connectivity index (χ2n) is 8.93. The molecule has 3 heterocycles. The van der Waals surface area contributed by atoms with E-state index < -0.39 is 24.1 Å². The van der Waals surface area contributed by atoms with Crippen LogP contribution in [-0.4, -0.2) is 47.9 Å². The number of rotatable bonds is 3. The zero-order chi connectivity index (χ0) is 24.0. The Bertz CT molecular complexity index is 1170. The Hall–Kier alpha value is -3.49. The summed E-state index contributed by atoms with van der Waals surface area (Å²) < 4.78 is 42.1. The molecular weight excluding hydrogens is 448 g/mol. The molecule has 0 radical (unpaired) electrons. The van der Waals surface area contributed by atoms with Crippen LogP contribution in [0, 0.1) is 0 Å². The quantitative estimate of drug-likeness (QED) is 0.496. The number of amides is 1. The van der Waals surface area contributed by atoms with Crippen LogP contribution in [-0.2, 0) is 9.59 Å². The van der Waals surface area contributed by atoms with E-state index in [0.29, 0.717) is 48.4 Å². The predicted molar refractivity (Wildman–Crippen MR) is 115 cm³/mol. The van der Waals surface area contributed by atoms with Gasteiger partial charge in [0.1, 0.15) is 22.8 Å². The zero-order valence-corrected chi connectivity index (χ0v) is 18.5. The van der Waals surface area contributed by atoms with Crippen molar-refractivity contribution < 1.29 is 37.4 Å². The largest absolute Gasteiger partial charge is 0.485 e. The van der Waals surface area contributed by atoms with Gasteiger partial charge in [-0.25, -0.2) is 0 Å². The maximum absolute atomic E-state index is 13.2. The molecule has 34 heavy (non-hydrogen) atoms. The lowest BCUT2D eigenvalue weighted by molar-refractivity contribution is -0.135. The molecule has 0 saturated carbocycles. The van der Waals surface area contributed by atoms with E-state index in [9.17, 15) is 23.2 Å². The monoisotopic (exact) mass is 471 g/mol. The topological polar surface area (TPSA) is 82.1 Å². The molecule has 7 nitrogen and oxygen atoms in total. The number of halogens is 2. The molecule has 2 aromatic carbocycles. The van der Waals surface area contributed by atoms with Gasteiger partial charge in [0, 0.05) is 44.3 Å². The van der Waals surface area contributed by atoms with Gasteiger partial charge in [-0.2, -0.15) is 8.78 Å². The third kappa shape index (κ3) is 3.99. The Morgan fingerprint density at radius 3 is 2.65 bits per heavy atom. The van der Waals surface area contributed by atoms with Gasteiger partial charge in [0.15, 0.2) is 5.78 Å². The number of esters is 1. The van der Waals surface area contributed by atoms with Crippen molar-refractivity contribution >= 4 is 17.7 Å². The van der Waals surface area contributed by atoms with E-state index in [1.54, 1.807) is 29.2 Å². The van der Waals surface area contributed by atoms with E-state index in [1.165, 1.54) is 19.1 Å². The minimum absolute atomic E-state index is 0.0207. The second-order valence-corrected chi connectivity index (χ2v) is 8.93. The van der Waals surface area contributed by atoms with E-state index in [2.05, 4.69) is 4.74 Å². The number of carbonyl (C=O) groups excluding carboxylic acids is 3. The van der Waals surface area contributed by atoms with Crippen LogP contribution in [0.4, 0.5) is 8.78 Å². The highest BCUT2D eigenvalue weighted by Gasteiger charge is 2.46. The molecule has 0 N–H and O–H groups in total. The molecular formula is C25H23F2NO6. The molecule has 0 aliphatic carbocycles. The van der Waals surface area contributed by atoms with Crippen molar-refractivity contribution in [1.82, 2.24) is 4.90 Å². The number of likely N-dealkylation sites (tertiary alicyclic amines) is 1. The maximum Gasteiger partial charge on any atom is 0.387 e. The lowest BCUT2D eigenvalue weighted by Crippen LogP contribution is -2.52. The van der Waals surface area contributed by atoms with Gasteiger partial charge in [-0.15, -0.1) is 0 Å². The molecule has 1 amide bonds. The van der Waals surface area contributed by atoms with Crippen molar-refractivity contribution in [3.63, 3.8) is 0 Å². The lowest BCUT2D eigenvalue weighted by atomic mass is 9.79. The second kappa shape index (κ2) is 8.38. The van der Waals surface area contributed by atoms with Gasteiger partial charge in [0.25, 0.3) is 0 Å². The molecule has 1 spiro atoms. The summed E-state index contributed by atoms with van der Waals surface area (Å²) in [5.41, 5.74) is 0.776. The number of fused-ring (bicyclic) bond motifs is 3. The SMILES string of the molecule is CC(=O)N1CCC2(CC1)CC(=O)c1ccc3c(c1O2)[C@@H](c1cccc(OC(F)F)c1)CC(=O)O3. The number of nitrogens with zero attached hydrogens (tertiary/aromatic N) is 1. The Morgan fingerprint density at radius 2 is 1.94 bits per heavy atom. The smallest absolute Gasteiger partial charge is 0.387 e. The van der Waals surface area contributed by atoms with Gasteiger partial charge in [-0.05, 0) is 29.8 Å². The summed E-state index contributed by atoms with van der Waals surface area (Å²) in [5, 5.41) is 0. The Labute approximate surface area is 194 Å². The van der Waals surface area contributed by atoms with Gasteiger partial charge in [-0.3, -0.25) is 14.4 Å². The van der Waals surface area contributed by atoms with Crippen molar-refractivity contribution in [2.75, 3.05) is 13.1 Å². The molecule has 0 unspecified atom stereocenters. The number of ketones is 1. The Kier molecular flexibility index (Phi) is 5.50. The normalized spacial score (nSPS) is 20.9. The number of hydrogen-bond acceptors (Lipinski definition) is 6. The summed E-state index contributed by atoms with van der Waals surface area (Å²) >= 11 is 0. The van der Waals surface area contributed by atoms with E-state index in [0.717, 1.165) is 0 Å². The summed E-state index contributed by atoms with van der Waals surface area (Å²) in [4.78, 5) is 39.0. The summed E-state index contributed by atoms with van der Waals surface area (Å²) in [5.74, 6) is -0.507. The van der Waals surface area contributed by atoms with Crippen molar-refractivity contribution in [2.24, 2.45) is 0 Å². The summed E-state index contributed by atoms with van der Waals surface area (Å²) in [6, 6.07) is 9.35. The number of ether oxygens (including phenoxy) is 3. The van der Waals surface area contributed by atoms with Gasteiger partial charge in [0.2, 0.25) is 5.91 Å². The maximum atomic E-state index is 13.2. The molecule has 3 aliphatic rings. The van der Waals surface area contributed by atoms with Gasteiger partial charge in [-0.1, -0.05) is 12.1 Å². The molecule has 0 bridgehead atoms. The highest BCUT2D eigenvalue weighted by Crippen LogP contribution is 2.50. The fourth-order valence-electron chi connectivity index (χ4n) is 5.10. The first-order valence-electron chi connectivity index (χ1n) is 11.1. The van der Waals surface area contributed by atoms with Crippen molar-refractivity contribution in [3.8, 4) is 17.2 Å². The number of benzene rings is 2. The fourth-order valence-corrected chi connectivity index (χ4v) is 5.10. The van der Waals surface area contributed by atoms with Crippen LogP contribution in [0.5, 0.6) is 17.2 Å². The van der Waals surface area contributed by atoms with Crippen LogP contribution in [0.3, 0.4) is 0 Å². The number of piperidine rings is 1. The first-order valence-corrected chi connectivity index (χ1v) is 11.1. The van der Waals surface area contributed by atoms with E-state index in [4.69, 9.17) is 9.47 Å². The Morgan fingerprint density at radius 1 is 1.18 bits per heavy atom. The van der Waals surface area contributed by atoms with Crippen molar-refractivity contribution in [3.05, 3.63) is 53.1 Å². The molecule has 1 atom stereocenters. The van der Waals surface area contributed by atoms with Crippen molar-refractivity contribution in [1.29, 1.82) is 0 Å². The molecule has 9 heteroatoms. The molecule has 5 rings (SSSR count). The van der Waals surface area contributed by atoms with Crippen molar-refractivity contribution in [2.45, 2.75) is 50.7 Å². The van der Waals surface area contributed by atoms with Gasteiger partial charge in [0.05, 0.1) is 18.4 Å². The van der Waals surface area contributed by atoms with Crippen LogP contribution >= 0.6 is 0 Å². The van der Waals surface area contributed by atoms with E-state index in [1.807, 2.05) is 0 Å². The van der Waals surface area contributed by atoms with Crippen LogP contribution < -0.4 is 14.2 Å².